The van der Waals surface area contributed by atoms with Gasteiger partial charge in [-0.25, -0.2) is 4.79 Å². The van der Waals surface area contributed by atoms with Crippen LogP contribution in [-0.2, 0) is 9.53 Å². The number of thiocarbonyl (C=S) groups is 1. The average molecular weight is 505 g/mol. The molecule has 0 atom stereocenters. The van der Waals surface area contributed by atoms with E-state index in [1.807, 2.05) is 6.92 Å². The van der Waals surface area contributed by atoms with E-state index in [1.54, 1.807) is 0 Å². The first-order chi connectivity index (χ1) is 16.6. The van der Waals surface area contributed by atoms with Crippen LogP contribution in [0.5, 0.6) is 5.75 Å². The number of nitro groups is 2. The molecule has 0 fully saturated rings. The smallest absolute Gasteiger partial charge is 0.338 e. The Bertz CT molecular complexity index is 1120. The molecule has 0 radical (unpaired) electrons. The summed E-state index contributed by atoms with van der Waals surface area (Å²) < 4.78 is 10.3. The normalized spacial score (nSPS) is 9.97. The van der Waals surface area contributed by atoms with Crippen molar-refractivity contribution < 1.29 is 33.7 Å². The third-order valence-corrected chi connectivity index (χ3v) is 4.23. The van der Waals surface area contributed by atoms with Gasteiger partial charge in [0.05, 0.1) is 33.6 Å². The fourth-order valence-electron chi connectivity index (χ4n) is 2.42. The van der Waals surface area contributed by atoms with E-state index in [0.29, 0.717) is 30.4 Å². The summed E-state index contributed by atoms with van der Waals surface area (Å²) in [5.41, 5.74) is 3.03. The Morgan fingerprint density at radius 2 is 1.54 bits per heavy atom. The van der Waals surface area contributed by atoms with Gasteiger partial charge in [-0.2, -0.15) is 0 Å². The molecule has 3 N–H and O–H groups in total. The average Bonchev–Trinajstić information content (AvgIpc) is 2.84. The lowest BCUT2D eigenvalue weighted by Gasteiger charge is -2.11. The molecular weight excluding hydrogens is 486 g/mol. The molecular formula is C20H19N5O9S. The third kappa shape index (κ3) is 8.32. The Balaban J connectivity index is 1.83. The van der Waals surface area contributed by atoms with Gasteiger partial charge in [0.15, 0.2) is 11.7 Å². The molecule has 0 saturated heterocycles. The van der Waals surface area contributed by atoms with E-state index in [1.165, 1.54) is 24.3 Å². The molecule has 0 heterocycles. The second kappa shape index (κ2) is 12.5. The highest BCUT2D eigenvalue weighted by atomic mass is 32.1. The van der Waals surface area contributed by atoms with Crippen LogP contribution in [0, 0.1) is 20.2 Å². The number of nitrogens with one attached hydrogen (secondary N) is 3. The lowest BCUT2D eigenvalue weighted by atomic mass is 10.1. The minimum absolute atomic E-state index is 0.301. The number of esters is 1. The Morgan fingerprint density at radius 3 is 2.09 bits per heavy atom. The van der Waals surface area contributed by atoms with Crippen molar-refractivity contribution in [2.45, 2.75) is 13.3 Å². The van der Waals surface area contributed by atoms with E-state index in [0.717, 1.165) is 12.1 Å². The molecule has 184 valence electrons. The van der Waals surface area contributed by atoms with E-state index < -0.39 is 45.6 Å². The number of non-ortho nitro benzene ring substituents is 2. The van der Waals surface area contributed by atoms with Crippen molar-refractivity contribution in [2.75, 3.05) is 13.2 Å². The number of nitrogens with zero attached hydrogens (tertiary/aromatic N) is 2. The molecule has 0 aromatic heterocycles. The van der Waals surface area contributed by atoms with Crippen molar-refractivity contribution in [2.24, 2.45) is 0 Å². The van der Waals surface area contributed by atoms with Gasteiger partial charge in [-0.3, -0.25) is 46.0 Å². The van der Waals surface area contributed by atoms with Crippen LogP contribution in [0.25, 0.3) is 0 Å². The zero-order valence-corrected chi connectivity index (χ0v) is 19.0. The molecule has 0 saturated carbocycles. The van der Waals surface area contributed by atoms with Gasteiger partial charge in [0.25, 0.3) is 23.2 Å². The molecule has 0 bridgehead atoms. The van der Waals surface area contributed by atoms with E-state index in [4.69, 9.17) is 21.7 Å². The van der Waals surface area contributed by atoms with Crippen LogP contribution in [0.15, 0.2) is 42.5 Å². The van der Waals surface area contributed by atoms with Crippen molar-refractivity contribution in [1.29, 1.82) is 0 Å². The van der Waals surface area contributed by atoms with Gasteiger partial charge in [-0.1, -0.05) is 6.92 Å². The SMILES string of the molecule is CCCOC(=O)c1ccc(OCC(=O)NNC(=S)NC(=O)c2cc([N+](=O)[O-])cc([N+](=O)[O-])c2)cc1. The summed E-state index contributed by atoms with van der Waals surface area (Å²) in [6, 6.07) is 8.30. The predicted octanol–water partition coefficient (Wildman–Crippen LogP) is 1.78. The molecule has 15 heteroatoms. The molecule has 0 aliphatic carbocycles. The van der Waals surface area contributed by atoms with Crippen LogP contribution < -0.4 is 20.9 Å². The molecule has 35 heavy (non-hydrogen) atoms. The molecule has 14 nitrogen and oxygen atoms in total. The fourth-order valence-corrected chi connectivity index (χ4v) is 2.56. The summed E-state index contributed by atoms with van der Waals surface area (Å²) in [5.74, 6) is -1.83. The summed E-state index contributed by atoms with van der Waals surface area (Å²) in [6.45, 7) is 1.73. The van der Waals surface area contributed by atoms with Gasteiger partial charge >= 0.3 is 5.97 Å². The number of carbonyl (C=O) groups excluding carboxylic acids is 3. The summed E-state index contributed by atoms with van der Waals surface area (Å²) in [6.07, 6.45) is 0.695. The Labute approximate surface area is 202 Å². The van der Waals surface area contributed by atoms with Gasteiger partial charge in [0.1, 0.15) is 5.75 Å². The topological polar surface area (TPSA) is 192 Å². The van der Waals surface area contributed by atoms with Gasteiger partial charge in [0.2, 0.25) is 0 Å². The maximum absolute atomic E-state index is 12.2. The van der Waals surface area contributed by atoms with Crippen LogP contribution in [-0.4, -0.2) is 46.0 Å². The number of nitro benzene ring substituents is 2. The van der Waals surface area contributed by atoms with Crippen molar-refractivity contribution >= 4 is 46.5 Å². The third-order valence-electron chi connectivity index (χ3n) is 4.03. The van der Waals surface area contributed by atoms with Crippen molar-refractivity contribution in [3.63, 3.8) is 0 Å². The zero-order chi connectivity index (χ0) is 26.0. The molecule has 0 spiro atoms. The van der Waals surface area contributed by atoms with Crippen LogP contribution in [0.1, 0.15) is 34.1 Å². The van der Waals surface area contributed by atoms with Crippen LogP contribution >= 0.6 is 12.2 Å². The molecule has 0 unspecified atom stereocenters. The van der Waals surface area contributed by atoms with Gasteiger partial charge in [0, 0.05) is 12.1 Å². The summed E-state index contributed by atoms with van der Waals surface area (Å²) in [4.78, 5) is 56.0. The Morgan fingerprint density at radius 1 is 0.943 bits per heavy atom. The number of hydrogen-bond acceptors (Lipinski definition) is 10. The maximum atomic E-state index is 12.2. The standard InChI is InChI=1S/C20H19N5O9S/c1-2-7-33-19(28)12-3-5-16(6-4-12)34-11-17(26)22-23-20(35)21-18(27)13-8-14(24(29)30)10-15(9-13)25(31)32/h3-6,8-10H,2,7,11H2,1H3,(H,22,26)(H2,21,23,27,35). The summed E-state index contributed by atoms with van der Waals surface area (Å²) in [7, 11) is 0. The monoisotopic (exact) mass is 505 g/mol. The Hall–Kier alpha value is -4.66. The first kappa shape index (κ1) is 26.6. The minimum atomic E-state index is -0.975. The summed E-state index contributed by atoms with van der Waals surface area (Å²) in [5, 5.41) is 23.6. The van der Waals surface area contributed by atoms with Crippen LogP contribution in [0.4, 0.5) is 11.4 Å². The molecule has 2 rings (SSSR count). The number of hydrazine groups is 1. The van der Waals surface area contributed by atoms with E-state index in [2.05, 4.69) is 16.2 Å². The van der Waals surface area contributed by atoms with Crippen LogP contribution in [0.3, 0.4) is 0 Å². The fraction of sp³-hybridized carbons (Fsp3) is 0.200. The van der Waals surface area contributed by atoms with Crippen LogP contribution in [0.2, 0.25) is 0 Å². The van der Waals surface area contributed by atoms with Gasteiger partial charge in [-0.15, -0.1) is 0 Å². The molecule has 0 aliphatic rings. The number of hydrogen-bond donors (Lipinski definition) is 3. The number of carbonyl (C=O) groups is 3. The van der Waals surface area contributed by atoms with Gasteiger partial charge in [-0.05, 0) is 42.9 Å². The molecule has 0 aliphatic heterocycles. The highest BCUT2D eigenvalue weighted by Gasteiger charge is 2.20. The number of rotatable bonds is 9. The largest absolute Gasteiger partial charge is 0.484 e. The number of benzene rings is 2. The van der Waals surface area contributed by atoms with Crippen molar-refractivity contribution in [1.82, 2.24) is 16.2 Å². The quantitative estimate of drug-likeness (QED) is 0.195. The van der Waals surface area contributed by atoms with Crippen molar-refractivity contribution in [3.05, 3.63) is 73.8 Å². The summed E-state index contributed by atoms with van der Waals surface area (Å²) >= 11 is 4.85. The zero-order valence-electron chi connectivity index (χ0n) is 18.1. The highest BCUT2D eigenvalue weighted by Crippen LogP contribution is 2.22. The lowest BCUT2D eigenvalue weighted by Crippen LogP contribution is -2.49. The maximum Gasteiger partial charge on any atom is 0.338 e. The second-order valence-corrected chi connectivity index (χ2v) is 7.07. The molecule has 2 amide bonds. The second-order valence-electron chi connectivity index (χ2n) is 6.66. The molecule has 2 aromatic rings. The highest BCUT2D eigenvalue weighted by molar-refractivity contribution is 7.80. The lowest BCUT2D eigenvalue weighted by molar-refractivity contribution is -0.394. The van der Waals surface area contributed by atoms with Gasteiger partial charge < -0.3 is 9.47 Å². The van der Waals surface area contributed by atoms with E-state index in [-0.39, 0.29) is 10.7 Å². The van der Waals surface area contributed by atoms with E-state index in [9.17, 15) is 34.6 Å². The first-order valence-electron chi connectivity index (χ1n) is 9.84. The number of ether oxygens (including phenoxy) is 2. The first-order valence-corrected chi connectivity index (χ1v) is 10.3. The number of amides is 2. The predicted molar refractivity (Wildman–Crippen MR) is 124 cm³/mol. The van der Waals surface area contributed by atoms with Crippen molar-refractivity contribution in [3.8, 4) is 5.75 Å². The minimum Gasteiger partial charge on any atom is -0.484 e. The van der Waals surface area contributed by atoms with E-state index >= 15 is 0 Å². The Kier molecular flexibility index (Phi) is 9.53. The molecule has 2 aromatic carbocycles.